The summed E-state index contributed by atoms with van der Waals surface area (Å²) in [5.74, 6) is 0.578. The number of methoxy groups -OCH3 is 1. The number of urea groups is 1. The Hall–Kier alpha value is -3.02. The number of aryl methyl sites for hydroxylation is 2. The van der Waals surface area contributed by atoms with Crippen LogP contribution in [-0.4, -0.2) is 32.1 Å². The van der Waals surface area contributed by atoms with Crippen molar-refractivity contribution in [3.63, 3.8) is 0 Å². The maximum atomic E-state index is 12.1. The summed E-state index contributed by atoms with van der Waals surface area (Å²) in [6, 6.07) is 12.7. The highest BCUT2D eigenvalue weighted by atomic mass is 16.5. The van der Waals surface area contributed by atoms with E-state index in [1.54, 1.807) is 19.2 Å². The lowest BCUT2D eigenvalue weighted by Gasteiger charge is -2.18. The molecular weight excluding hydrogens is 342 g/mol. The van der Waals surface area contributed by atoms with E-state index < -0.39 is 0 Å². The largest absolute Gasteiger partial charge is 0.496 e. The van der Waals surface area contributed by atoms with Crippen LogP contribution in [0.2, 0.25) is 0 Å². The van der Waals surface area contributed by atoms with E-state index in [4.69, 9.17) is 4.74 Å². The first-order chi connectivity index (χ1) is 12.9. The van der Waals surface area contributed by atoms with Crippen LogP contribution in [0.25, 0.3) is 0 Å². The number of nitrogens with one attached hydrogen (secondary N) is 3. The number of hydrogen-bond donors (Lipinski definition) is 3. The first kappa shape index (κ1) is 20.3. The molecule has 0 aliphatic heterocycles. The quantitative estimate of drug-likeness (QED) is 0.656. The third-order valence-corrected chi connectivity index (χ3v) is 4.21. The molecule has 0 aliphatic rings. The molecule has 0 saturated heterocycles. The Morgan fingerprint density at radius 2 is 1.59 bits per heavy atom. The third-order valence-electron chi connectivity index (χ3n) is 4.21. The zero-order valence-electron chi connectivity index (χ0n) is 16.3. The topological polar surface area (TPSA) is 79.5 Å². The van der Waals surface area contributed by atoms with Gasteiger partial charge in [-0.3, -0.25) is 4.79 Å². The van der Waals surface area contributed by atoms with Crippen LogP contribution in [0.5, 0.6) is 5.75 Å². The Balaban J connectivity index is 1.77. The summed E-state index contributed by atoms with van der Waals surface area (Å²) < 4.78 is 5.36. The van der Waals surface area contributed by atoms with Gasteiger partial charge in [0.2, 0.25) is 0 Å². The fourth-order valence-electron chi connectivity index (χ4n) is 2.68. The summed E-state index contributed by atoms with van der Waals surface area (Å²) in [5.41, 5.74) is 3.72. The van der Waals surface area contributed by atoms with Crippen molar-refractivity contribution in [1.29, 1.82) is 0 Å². The molecule has 6 heteroatoms. The molecule has 2 rings (SSSR count). The van der Waals surface area contributed by atoms with E-state index in [-0.39, 0.29) is 18.0 Å². The minimum absolute atomic E-state index is 0.157. The van der Waals surface area contributed by atoms with Crippen LogP contribution in [0.1, 0.15) is 40.0 Å². The van der Waals surface area contributed by atoms with Gasteiger partial charge in [-0.25, -0.2) is 4.79 Å². The minimum atomic E-state index is -0.296. The van der Waals surface area contributed by atoms with E-state index in [0.717, 1.165) is 22.4 Å². The lowest BCUT2D eigenvalue weighted by atomic mass is 10.0. The highest BCUT2D eigenvalue weighted by Crippen LogP contribution is 2.25. The molecular formula is C21H27N3O3. The van der Waals surface area contributed by atoms with Gasteiger partial charge in [-0.05, 0) is 39.0 Å². The Labute approximate surface area is 160 Å². The van der Waals surface area contributed by atoms with Gasteiger partial charge in [0, 0.05) is 24.2 Å². The van der Waals surface area contributed by atoms with Gasteiger partial charge in [-0.1, -0.05) is 35.4 Å². The molecule has 2 aromatic carbocycles. The second kappa shape index (κ2) is 9.62. The monoisotopic (exact) mass is 369 g/mol. The first-order valence-corrected chi connectivity index (χ1v) is 8.94. The molecule has 0 bridgehead atoms. The van der Waals surface area contributed by atoms with Gasteiger partial charge in [0.15, 0.2) is 0 Å². The van der Waals surface area contributed by atoms with Crippen LogP contribution in [0.3, 0.4) is 0 Å². The van der Waals surface area contributed by atoms with E-state index in [0.29, 0.717) is 18.7 Å². The molecule has 0 spiro atoms. The van der Waals surface area contributed by atoms with Gasteiger partial charge in [-0.2, -0.15) is 0 Å². The van der Waals surface area contributed by atoms with E-state index in [1.807, 2.05) is 51.1 Å². The molecule has 27 heavy (non-hydrogen) atoms. The van der Waals surface area contributed by atoms with Crippen LogP contribution in [-0.2, 0) is 0 Å². The van der Waals surface area contributed by atoms with Crippen LogP contribution in [0, 0.1) is 13.8 Å². The number of rotatable bonds is 7. The fraction of sp³-hybridized carbons (Fsp3) is 0.333. The van der Waals surface area contributed by atoms with Gasteiger partial charge in [0.1, 0.15) is 5.75 Å². The zero-order chi connectivity index (χ0) is 19.8. The predicted octanol–water partition coefficient (Wildman–Crippen LogP) is 3.10. The summed E-state index contributed by atoms with van der Waals surface area (Å²) in [6.45, 7) is 6.55. The van der Waals surface area contributed by atoms with Crippen molar-refractivity contribution in [2.45, 2.75) is 26.8 Å². The average Bonchev–Trinajstić information content (AvgIpc) is 2.65. The van der Waals surface area contributed by atoms with Crippen molar-refractivity contribution in [3.8, 4) is 5.75 Å². The van der Waals surface area contributed by atoms with Gasteiger partial charge in [0.05, 0.1) is 13.2 Å². The van der Waals surface area contributed by atoms with E-state index >= 15 is 0 Å². The lowest BCUT2D eigenvalue weighted by Crippen LogP contribution is -2.41. The molecule has 0 aliphatic carbocycles. The second-order valence-electron chi connectivity index (χ2n) is 6.49. The molecule has 0 aromatic heterocycles. The number of hydrogen-bond acceptors (Lipinski definition) is 3. The Morgan fingerprint density at radius 1 is 0.963 bits per heavy atom. The number of benzene rings is 2. The normalized spacial score (nSPS) is 11.4. The molecule has 3 N–H and O–H groups in total. The molecule has 1 unspecified atom stereocenters. The van der Waals surface area contributed by atoms with Gasteiger partial charge in [0.25, 0.3) is 5.91 Å². The van der Waals surface area contributed by atoms with E-state index in [2.05, 4.69) is 16.0 Å². The van der Waals surface area contributed by atoms with Crippen molar-refractivity contribution in [3.05, 3.63) is 64.7 Å². The number of carbonyl (C=O) groups is 2. The second-order valence-corrected chi connectivity index (χ2v) is 6.49. The Morgan fingerprint density at radius 3 is 2.26 bits per heavy atom. The van der Waals surface area contributed by atoms with Crippen molar-refractivity contribution < 1.29 is 14.3 Å². The molecule has 0 heterocycles. The van der Waals surface area contributed by atoms with Crippen LogP contribution in [0.15, 0.2) is 42.5 Å². The third kappa shape index (κ3) is 6.02. The molecule has 0 fully saturated rings. The maximum absolute atomic E-state index is 12.1. The van der Waals surface area contributed by atoms with Crippen molar-refractivity contribution in [1.82, 2.24) is 16.0 Å². The summed E-state index contributed by atoms with van der Waals surface area (Å²) in [7, 11) is 1.61. The Kier molecular flexibility index (Phi) is 7.23. The highest BCUT2D eigenvalue weighted by Gasteiger charge is 2.14. The number of amides is 3. The van der Waals surface area contributed by atoms with Crippen molar-refractivity contribution in [2.75, 3.05) is 20.2 Å². The molecule has 1 atom stereocenters. The molecule has 6 nitrogen and oxygen atoms in total. The molecule has 0 saturated carbocycles. The number of ether oxygens (including phenoxy) is 1. The molecule has 2 aromatic rings. The van der Waals surface area contributed by atoms with Gasteiger partial charge >= 0.3 is 6.03 Å². The molecule has 3 amide bonds. The summed E-state index contributed by atoms with van der Waals surface area (Å²) in [5, 5.41) is 8.41. The molecule has 144 valence electrons. The Bertz CT molecular complexity index is 788. The van der Waals surface area contributed by atoms with Gasteiger partial charge < -0.3 is 20.7 Å². The van der Waals surface area contributed by atoms with Crippen molar-refractivity contribution in [2.24, 2.45) is 0 Å². The van der Waals surface area contributed by atoms with E-state index in [9.17, 15) is 9.59 Å². The predicted molar refractivity (Wildman–Crippen MR) is 106 cm³/mol. The highest BCUT2D eigenvalue weighted by molar-refractivity contribution is 5.94. The van der Waals surface area contributed by atoms with Gasteiger partial charge in [-0.15, -0.1) is 0 Å². The average molecular weight is 369 g/mol. The smallest absolute Gasteiger partial charge is 0.315 e. The zero-order valence-corrected chi connectivity index (χ0v) is 16.3. The van der Waals surface area contributed by atoms with Crippen LogP contribution in [0.4, 0.5) is 4.79 Å². The lowest BCUT2D eigenvalue weighted by molar-refractivity contribution is 0.0954. The number of carbonyl (C=O) groups excluding carboxylic acids is 2. The summed E-state index contributed by atoms with van der Waals surface area (Å²) in [6.07, 6.45) is 0. The molecule has 0 radical (unpaired) electrons. The maximum Gasteiger partial charge on any atom is 0.315 e. The summed E-state index contributed by atoms with van der Waals surface area (Å²) >= 11 is 0. The van der Waals surface area contributed by atoms with Crippen LogP contribution < -0.4 is 20.7 Å². The SMILES string of the molecule is COc1ccc(C)cc1C(C)NC(=O)NCCNC(=O)c1ccc(C)cc1. The standard InChI is InChI=1S/C21H27N3O3/c1-14-5-8-17(9-6-14)20(25)22-11-12-23-21(26)24-16(3)18-13-15(2)7-10-19(18)27-4/h5-10,13,16H,11-12H2,1-4H3,(H,22,25)(H2,23,24,26). The van der Waals surface area contributed by atoms with E-state index in [1.165, 1.54) is 0 Å². The summed E-state index contributed by atoms with van der Waals surface area (Å²) in [4.78, 5) is 24.1. The van der Waals surface area contributed by atoms with Crippen LogP contribution >= 0.6 is 0 Å². The fourth-order valence-corrected chi connectivity index (χ4v) is 2.68. The minimum Gasteiger partial charge on any atom is -0.496 e. The van der Waals surface area contributed by atoms with Crippen molar-refractivity contribution >= 4 is 11.9 Å². The first-order valence-electron chi connectivity index (χ1n) is 8.94.